The second-order valence-electron chi connectivity index (χ2n) is 4.78. The molecule has 1 amide bonds. The van der Waals surface area contributed by atoms with Crippen molar-refractivity contribution in [2.75, 3.05) is 26.2 Å². The lowest BCUT2D eigenvalue weighted by Gasteiger charge is -2.34. The van der Waals surface area contributed by atoms with Crippen molar-refractivity contribution < 1.29 is 14.8 Å². The van der Waals surface area contributed by atoms with E-state index >= 15 is 0 Å². The van der Waals surface area contributed by atoms with Crippen molar-refractivity contribution in [1.29, 1.82) is 0 Å². The van der Waals surface area contributed by atoms with Gasteiger partial charge in [0, 0.05) is 43.9 Å². The smallest absolute Gasteiger partial charge is 0.269 e. The molecule has 1 aromatic rings. The summed E-state index contributed by atoms with van der Waals surface area (Å²) >= 11 is 0. The van der Waals surface area contributed by atoms with Gasteiger partial charge < -0.3 is 15.5 Å². The Labute approximate surface area is 130 Å². The van der Waals surface area contributed by atoms with Crippen LogP contribution in [0.4, 0.5) is 5.69 Å². The number of nitro benzene ring substituents is 1. The van der Waals surface area contributed by atoms with Crippen molar-refractivity contribution >= 4 is 17.6 Å². The maximum atomic E-state index is 12.3. The number of non-ortho nitro benzene ring substituents is 1. The molecule has 1 aliphatic rings. The molecule has 1 saturated heterocycles. The van der Waals surface area contributed by atoms with E-state index in [9.17, 15) is 25.0 Å². The van der Waals surface area contributed by atoms with Crippen LogP contribution in [0.5, 0.6) is 0 Å². The van der Waals surface area contributed by atoms with Crippen molar-refractivity contribution in [2.45, 2.75) is 0 Å². The van der Waals surface area contributed by atoms with Gasteiger partial charge in [-0.05, 0) is 12.1 Å². The third-order valence-corrected chi connectivity index (χ3v) is 3.40. The number of piperazine rings is 1. The van der Waals surface area contributed by atoms with E-state index in [2.05, 4.69) is 5.10 Å². The molecular formula is C12H14N6O5. The van der Waals surface area contributed by atoms with Gasteiger partial charge in [0.1, 0.15) is 5.10 Å². The first-order valence-corrected chi connectivity index (χ1v) is 6.65. The molecule has 122 valence electrons. The van der Waals surface area contributed by atoms with E-state index in [1.165, 1.54) is 29.2 Å². The first-order valence-electron chi connectivity index (χ1n) is 6.65. The van der Waals surface area contributed by atoms with Crippen LogP contribution in [0.3, 0.4) is 0 Å². The molecule has 1 fully saturated rings. The topological polar surface area (TPSA) is 148 Å². The lowest BCUT2D eigenvalue weighted by molar-refractivity contribution is -0.485. The largest absolute Gasteiger partial charge is 0.365 e. The number of benzene rings is 1. The molecule has 0 unspecified atom stereocenters. The van der Waals surface area contributed by atoms with Crippen molar-refractivity contribution in [3.63, 3.8) is 0 Å². The van der Waals surface area contributed by atoms with Crippen LogP contribution in [0.25, 0.3) is 0 Å². The fourth-order valence-electron chi connectivity index (χ4n) is 2.19. The standard InChI is InChI=1S/C12H14N6O5/c13-12(14-18(22)23)16-7-5-15(6-8-16)11(19)9-1-3-10(4-2-9)17(20)21/h1-4H,5-8H2,(H2,13,14). The van der Waals surface area contributed by atoms with Gasteiger partial charge in [-0.1, -0.05) is 0 Å². The summed E-state index contributed by atoms with van der Waals surface area (Å²) in [6.45, 7) is 1.29. The summed E-state index contributed by atoms with van der Waals surface area (Å²) in [4.78, 5) is 35.7. The van der Waals surface area contributed by atoms with Crippen LogP contribution in [0.2, 0.25) is 0 Å². The van der Waals surface area contributed by atoms with Gasteiger partial charge in [-0.2, -0.15) is 0 Å². The van der Waals surface area contributed by atoms with Crippen LogP contribution < -0.4 is 5.73 Å². The number of rotatable bonds is 3. The predicted molar refractivity (Wildman–Crippen MR) is 79.2 cm³/mol. The third-order valence-electron chi connectivity index (χ3n) is 3.40. The van der Waals surface area contributed by atoms with E-state index in [0.717, 1.165) is 0 Å². The number of guanidine groups is 1. The normalized spacial score (nSPS) is 15.4. The number of hydrogen-bond donors (Lipinski definition) is 1. The molecule has 0 spiro atoms. The first kappa shape index (κ1) is 16.1. The molecule has 0 aliphatic carbocycles. The summed E-state index contributed by atoms with van der Waals surface area (Å²) in [6, 6.07) is 5.33. The van der Waals surface area contributed by atoms with E-state index in [4.69, 9.17) is 5.73 Å². The number of amides is 1. The van der Waals surface area contributed by atoms with Crippen LogP contribution >= 0.6 is 0 Å². The molecule has 2 rings (SSSR count). The molecule has 0 aromatic heterocycles. The Morgan fingerprint density at radius 2 is 1.57 bits per heavy atom. The van der Waals surface area contributed by atoms with Gasteiger partial charge in [-0.25, -0.2) is 10.1 Å². The monoisotopic (exact) mass is 322 g/mol. The van der Waals surface area contributed by atoms with E-state index < -0.39 is 9.96 Å². The summed E-state index contributed by atoms with van der Waals surface area (Å²) in [5.74, 6) is -0.457. The van der Waals surface area contributed by atoms with Crippen molar-refractivity contribution in [3.8, 4) is 0 Å². The van der Waals surface area contributed by atoms with E-state index in [-0.39, 0.29) is 17.6 Å². The van der Waals surface area contributed by atoms with Gasteiger partial charge in [0.25, 0.3) is 17.6 Å². The summed E-state index contributed by atoms with van der Waals surface area (Å²) in [6.07, 6.45) is 0. The first-order chi connectivity index (χ1) is 10.9. The van der Waals surface area contributed by atoms with Crippen molar-refractivity contribution in [3.05, 3.63) is 50.1 Å². The number of nitrogens with zero attached hydrogens (tertiary/aromatic N) is 5. The lowest BCUT2D eigenvalue weighted by atomic mass is 10.1. The Morgan fingerprint density at radius 3 is 2.04 bits per heavy atom. The maximum Gasteiger partial charge on any atom is 0.269 e. The van der Waals surface area contributed by atoms with Gasteiger partial charge in [0.15, 0.2) is 5.03 Å². The minimum absolute atomic E-state index is 0.0878. The average Bonchev–Trinajstić information content (AvgIpc) is 2.53. The summed E-state index contributed by atoms with van der Waals surface area (Å²) in [5.41, 5.74) is 5.75. The molecule has 1 heterocycles. The summed E-state index contributed by atoms with van der Waals surface area (Å²) < 4.78 is 0. The lowest BCUT2D eigenvalue weighted by Crippen LogP contribution is -2.52. The second kappa shape index (κ2) is 6.68. The van der Waals surface area contributed by atoms with Crippen LogP contribution in [0.1, 0.15) is 10.4 Å². The van der Waals surface area contributed by atoms with Crippen LogP contribution in [-0.4, -0.2) is 57.8 Å². The molecule has 0 radical (unpaired) electrons. The van der Waals surface area contributed by atoms with Crippen LogP contribution in [0, 0.1) is 20.2 Å². The van der Waals surface area contributed by atoms with Crippen molar-refractivity contribution in [1.82, 2.24) is 9.80 Å². The number of carbonyl (C=O) groups excluding carboxylic acids is 1. The van der Waals surface area contributed by atoms with Crippen LogP contribution in [-0.2, 0) is 0 Å². The quantitative estimate of drug-likeness (QED) is 0.352. The van der Waals surface area contributed by atoms with E-state index in [1.54, 1.807) is 4.90 Å². The molecule has 0 saturated carbocycles. The molecule has 23 heavy (non-hydrogen) atoms. The third kappa shape index (κ3) is 3.90. The summed E-state index contributed by atoms with van der Waals surface area (Å²) in [7, 11) is 0. The van der Waals surface area contributed by atoms with Crippen LogP contribution in [0.15, 0.2) is 29.4 Å². The van der Waals surface area contributed by atoms with Gasteiger partial charge in [0.05, 0.1) is 4.92 Å². The average molecular weight is 322 g/mol. The highest BCUT2D eigenvalue weighted by Gasteiger charge is 2.24. The zero-order valence-electron chi connectivity index (χ0n) is 12.0. The molecule has 11 heteroatoms. The number of hydrogen-bond acceptors (Lipinski definition) is 5. The molecular weight excluding hydrogens is 308 g/mol. The Bertz CT molecular complexity index is 650. The predicted octanol–water partition coefficient (Wildman–Crippen LogP) is -0.141. The Morgan fingerprint density at radius 1 is 1.04 bits per heavy atom. The highest BCUT2D eigenvalue weighted by Crippen LogP contribution is 2.14. The number of nitro groups is 2. The fraction of sp³-hybridized carbons (Fsp3) is 0.333. The van der Waals surface area contributed by atoms with E-state index in [1.807, 2.05) is 0 Å². The van der Waals surface area contributed by atoms with Gasteiger partial charge in [-0.15, -0.1) is 0 Å². The van der Waals surface area contributed by atoms with E-state index in [0.29, 0.717) is 31.7 Å². The number of hydrazone groups is 1. The minimum atomic E-state index is -0.871. The fourth-order valence-corrected chi connectivity index (χ4v) is 2.19. The SMILES string of the molecule is NC(=N[N+](=O)[O-])N1CCN(C(=O)c2ccc([N+](=O)[O-])cc2)CC1. The Hall–Kier alpha value is -3.24. The molecule has 2 N–H and O–H groups in total. The number of nitrogens with two attached hydrogens (primary N) is 1. The molecule has 0 atom stereocenters. The summed E-state index contributed by atoms with van der Waals surface area (Å²) in [5, 5.41) is 23.0. The van der Waals surface area contributed by atoms with Gasteiger partial charge in [0.2, 0.25) is 0 Å². The number of carbonyl (C=O) groups is 1. The highest BCUT2D eigenvalue weighted by atomic mass is 16.7. The van der Waals surface area contributed by atoms with Gasteiger partial charge in [-0.3, -0.25) is 14.9 Å². The van der Waals surface area contributed by atoms with Gasteiger partial charge >= 0.3 is 0 Å². The maximum absolute atomic E-state index is 12.3. The molecule has 11 nitrogen and oxygen atoms in total. The Balaban J connectivity index is 1.98. The Kier molecular flexibility index (Phi) is 4.69. The molecule has 1 aromatic carbocycles. The zero-order chi connectivity index (χ0) is 17.0. The zero-order valence-corrected chi connectivity index (χ0v) is 12.0. The minimum Gasteiger partial charge on any atom is -0.365 e. The highest BCUT2D eigenvalue weighted by molar-refractivity contribution is 5.94. The molecule has 0 bridgehead atoms. The molecule has 1 aliphatic heterocycles. The second-order valence-corrected chi connectivity index (χ2v) is 4.78. The van der Waals surface area contributed by atoms with Crippen molar-refractivity contribution in [2.24, 2.45) is 10.8 Å².